The number of aryl methyl sites for hydroxylation is 2. The predicted molar refractivity (Wildman–Crippen MR) is 104 cm³/mol. The van der Waals surface area contributed by atoms with Crippen molar-refractivity contribution < 1.29 is 4.74 Å². The van der Waals surface area contributed by atoms with E-state index in [0.29, 0.717) is 19.2 Å². The van der Waals surface area contributed by atoms with Crippen LogP contribution in [0.1, 0.15) is 37.1 Å². The largest absolute Gasteiger partial charge is 0.379 e. The lowest BCUT2D eigenvalue weighted by Gasteiger charge is -2.22. The van der Waals surface area contributed by atoms with Gasteiger partial charge in [-0.3, -0.25) is 9.36 Å². The van der Waals surface area contributed by atoms with Gasteiger partial charge in [0, 0.05) is 30.6 Å². The van der Waals surface area contributed by atoms with E-state index in [1.165, 1.54) is 10.4 Å². The summed E-state index contributed by atoms with van der Waals surface area (Å²) in [4.78, 5) is 19.7. The summed E-state index contributed by atoms with van der Waals surface area (Å²) < 4.78 is 7.30. The lowest BCUT2D eigenvalue weighted by atomic mass is 9.93. The maximum atomic E-state index is 12.9. The molecule has 5 nitrogen and oxygen atoms in total. The third-order valence-electron chi connectivity index (χ3n) is 4.58. The molecule has 0 radical (unpaired) electrons. The molecule has 1 atom stereocenters. The molecule has 2 aromatic rings. The van der Waals surface area contributed by atoms with Crippen LogP contribution in [0, 0.1) is 0 Å². The van der Waals surface area contributed by atoms with E-state index in [0.717, 1.165) is 42.4 Å². The van der Waals surface area contributed by atoms with Crippen LogP contribution in [0.3, 0.4) is 0 Å². The molecule has 0 saturated carbocycles. The molecule has 0 amide bonds. The molecule has 0 saturated heterocycles. The quantitative estimate of drug-likeness (QED) is 0.580. The monoisotopic (exact) mass is 361 g/mol. The SMILES string of the molecule is C=CCNC1CCc2c(sc3ncn(CCCOC(C)C)c(=O)c23)C1. The summed E-state index contributed by atoms with van der Waals surface area (Å²) in [6.07, 6.45) is 7.62. The Kier molecular flexibility index (Phi) is 6.04. The normalized spacial score (nSPS) is 17.2. The summed E-state index contributed by atoms with van der Waals surface area (Å²) in [5.74, 6) is 0. The van der Waals surface area contributed by atoms with E-state index in [2.05, 4.69) is 16.9 Å². The van der Waals surface area contributed by atoms with E-state index in [1.54, 1.807) is 22.2 Å². The van der Waals surface area contributed by atoms with E-state index in [-0.39, 0.29) is 11.7 Å². The fourth-order valence-corrected chi connectivity index (χ4v) is 4.60. The van der Waals surface area contributed by atoms with Crippen molar-refractivity contribution in [1.82, 2.24) is 14.9 Å². The number of thiophene rings is 1. The minimum Gasteiger partial charge on any atom is -0.379 e. The number of fused-ring (bicyclic) bond motifs is 3. The molecule has 3 rings (SSSR count). The molecule has 1 aliphatic rings. The molecule has 2 heterocycles. The minimum atomic E-state index is 0.101. The first kappa shape index (κ1) is 18.3. The highest BCUT2D eigenvalue weighted by Gasteiger charge is 2.24. The first-order valence-electron chi connectivity index (χ1n) is 9.05. The summed E-state index contributed by atoms with van der Waals surface area (Å²) in [5, 5.41) is 4.34. The average Bonchev–Trinajstić information content (AvgIpc) is 2.96. The number of rotatable bonds is 8. The Morgan fingerprint density at radius 1 is 1.56 bits per heavy atom. The Hall–Kier alpha value is -1.50. The highest BCUT2D eigenvalue weighted by molar-refractivity contribution is 7.18. The van der Waals surface area contributed by atoms with Crippen molar-refractivity contribution >= 4 is 21.6 Å². The molecule has 0 aliphatic heterocycles. The fourth-order valence-electron chi connectivity index (χ4n) is 3.34. The van der Waals surface area contributed by atoms with Gasteiger partial charge in [0.25, 0.3) is 5.56 Å². The molecule has 136 valence electrons. The Morgan fingerprint density at radius 3 is 3.16 bits per heavy atom. The molecule has 1 N–H and O–H groups in total. The molecule has 6 heteroatoms. The topological polar surface area (TPSA) is 56.1 Å². The number of hydrogen-bond acceptors (Lipinski definition) is 5. The van der Waals surface area contributed by atoms with Gasteiger partial charge in [-0.1, -0.05) is 6.08 Å². The van der Waals surface area contributed by atoms with E-state index in [9.17, 15) is 4.79 Å². The maximum absolute atomic E-state index is 12.9. The Labute approximate surface area is 152 Å². The van der Waals surface area contributed by atoms with E-state index < -0.39 is 0 Å². The van der Waals surface area contributed by atoms with Crippen molar-refractivity contribution in [2.75, 3.05) is 13.2 Å². The number of hydrogen-bond donors (Lipinski definition) is 1. The number of aromatic nitrogens is 2. The fraction of sp³-hybridized carbons (Fsp3) is 0.579. The van der Waals surface area contributed by atoms with Crippen LogP contribution in [0.15, 0.2) is 23.8 Å². The van der Waals surface area contributed by atoms with Gasteiger partial charge in [-0.25, -0.2) is 4.98 Å². The van der Waals surface area contributed by atoms with Crippen molar-refractivity contribution in [3.63, 3.8) is 0 Å². The second-order valence-corrected chi connectivity index (χ2v) is 7.92. The van der Waals surface area contributed by atoms with Crippen molar-refractivity contribution in [2.45, 2.75) is 58.2 Å². The summed E-state index contributed by atoms with van der Waals surface area (Å²) in [5.41, 5.74) is 1.33. The van der Waals surface area contributed by atoms with Gasteiger partial charge in [0.1, 0.15) is 4.83 Å². The zero-order valence-electron chi connectivity index (χ0n) is 15.1. The van der Waals surface area contributed by atoms with Crippen LogP contribution in [0.2, 0.25) is 0 Å². The molecular formula is C19H27N3O2S. The Balaban J connectivity index is 1.78. The maximum Gasteiger partial charge on any atom is 0.262 e. The molecular weight excluding hydrogens is 334 g/mol. The molecule has 0 bridgehead atoms. The van der Waals surface area contributed by atoms with Crippen LogP contribution < -0.4 is 10.9 Å². The highest BCUT2D eigenvalue weighted by Crippen LogP contribution is 2.33. The summed E-state index contributed by atoms with van der Waals surface area (Å²) in [7, 11) is 0. The molecule has 1 unspecified atom stereocenters. The summed E-state index contributed by atoms with van der Waals surface area (Å²) in [6, 6.07) is 0.467. The van der Waals surface area contributed by atoms with Gasteiger partial charge in [-0.15, -0.1) is 17.9 Å². The Bertz CT molecular complexity index is 794. The zero-order valence-corrected chi connectivity index (χ0v) is 15.9. The lowest BCUT2D eigenvalue weighted by molar-refractivity contribution is 0.0747. The van der Waals surface area contributed by atoms with Crippen molar-refractivity contribution in [1.29, 1.82) is 0 Å². The molecule has 25 heavy (non-hydrogen) atoms. The third-order valence-corrected chi connectivity index (χ3v) is 5.74. The second kappa shape index (κ2) is 8.25. The van der Waals surface area contributed by atoms with Crippen LogP contribution >= 0.6 is 11.3 Å². The van der Waals surface area contributed by atoms with Crippen molar-refractivity contribution in [2.24, 2.45) is 0 Å². The van der Waals surface area contributed by atoms with E-state index >= 15 is 0 Å². The van der Waals surface area contributed by atoms with Gasteiger partial charge in [-0.05, 0) is 45.1 Å². The van der Waals surface area contributed by atoms with Gasteiger partial charge >= 0.3 is 0 Å². The summed E-state index contributed by atoms with van der Waals surface area (Å²) >= 11 is 1.68. The van der Waals surface area contributed by atoms with Crippen LogP contribution in [0.4, 0.5) is 0 Å². The molecule has 0 aromatic carbocycles. The van der Waals surface area contributed by atoms with Crippen LogP contribution in [0.5, 0.6) is 0 Å². The third kappa shape index (κ3) is 4.19. The van der Waals surface area contributed by atoms with Crippen molar-refractivity contribution in [3.05, 3.63) is 39.8 Å². The molecule has 0 fully saturated rings. The number of ether oxygens (including phenoxy) is 1. The van der Waals surface area contributed by atoms with Crippen LogP contribution in [0.25, 0.3) is 10.2 Å². The second-order valence-electron chi connectivity index (χ2n) is 6.84. The first-order chi connectivity index (χ1) is 12.1. The summed E-state index contributed by atoms with van der Waals surface area (Å²) in [6.45, 7) is 9.96. The van der Waals surface area contributed by atoms with E-state index in [1.807, 2.05) is 19.9 Å². The smallest absolute Gasteiger partial charge is 0.262 e. The predicted octanol–water partition coefficient (Wildman–Crippen LogP) is 2.91. The van der Waals surface area contributed by atoms with Gasteiger partial charge in [0.05, 0.1) is 17.8 Å². The van der Waals surface area contributed by atoms with Gasteiger partial charge in [0.2, 0.25) is 0 Å². The van der Waals surface area contributed by atoms with E-state index in [4.69, 9.17) is 4.74 Å². The lowest BCUT2D eigenvalue weighted by Crippen LogP contribution is -2.34. The Morgan fingerprint density at radius 2 is 2.40 bits per heavy atom. The standard InChI is InChI=1S/C19H27N3O2S/c1-4-8-20-14-6-7-15-16(11-14)25-18-17(15)19(23)22(12-21-18)9-5-10-24-13(2)3/h4,12-14,20H,1,5-11H2,2-3H3. The van der Waals surface area contributed by atoms with Gasteiger partial charge in [-0.2, -0.15) is 0 Å². The average molecular weight is 362 g/mol. The molecule has 2 aromatic heterocycles. The number of nitrogens with one attached hydrogen (secondary N) is 1. The minimum absolute atomic E-state index is 0.101. The zero-order chi connectivity index (χ0) is 17.8. The van der Waals surface area contributed by atoms with Crippen LogP contribution in [-0.4, -0.2) is 34.8 Å². The van der Waals surface area contributed by atoms with Gasteiger partial charge in [0.15, 0.2) is 0 Å². The first-order valence-corrected chi connectivity index (χ1v) is 9.87. The van der Waals surface area contributed by atoms with Crippen LogP contribution in [-0.2, 0) is 24.1 Å². The number of nitrogens with zero attached hydrogens (tertiary/aromatic N) is 2. The molecule has 1 aliphatic carbocycles. The van der Waals surface area contributed by atoms with Gasteiger partial charge < -0.3 is 10.1 Å². The molecule has 0 spiro atoms. The van der Waals surface area contributed by atoms with Crippen molar-refractivity contribution in [3.8, 4) is 0 Å². The highest BCUT2D eigenvalue weighted by atomic mass is 32.1.